The van der Waals surface area contributed by atoms with E-state index in [0.717, 1.165) is 0 Å². The summed E-state index contributed by atoms with van der Waals surface area (Å²) in [6.45, 7) is 7.14. The highest BCUT2D eigenvalue weighted by Crippen LogP contribution is 2.27. The van der Waals surface area contributed by atoms with Gasteiger partial charge in [0.05, 0.1) is 25.4 Å². The van der Waals surface area contributed by atoms with Crippen molar-refractivity contribution in [2.45, 2.75) is 90.4 Å². The van der Waals surface area contributed by atoms with Crippen LogP contribution < -0.4 is 10.6 Å². The molecule has 0 unspecified atom stereocenters. The van der Waals surface area contributed by atoms with Gasteiger partial charge < -0.3 is 30.5 Å². The number of aliphatic hydroxyl groups excluding tert-OH is 2. The lowest BCUT2D eigenvalue weighted by atomic mass is 9.85. The van der Waals surface area contributed by atoms with Crippen molar-refractivity contribution in [2.75, 3.05) is 19.8 Å². The van der Waals surface area contributed by atoms with Gasteiger partial charge in [0.1, 0.15) is 12.1 Å². The van der Waals surface area contributed by atoms with Crippen molar-refractivity contribution in [2.24, 2.45) is 5.41 Å². The van der Waals surface area contributed by atoms with Gasteiger partial charge in [-0.15, -0.1) is 0 Å². The molecule has 0 aliphatic carbocycles. The first kappa shape index (κ1) is 32.5. The normalized spacial score (nSPS) is 18.8. The van der Waals surface area contributed by atoms with Crippen LogP contribution in [0, 0.1) is 5.41 Å². The summed E-state index contributed by atoms with van der Waals surface area (Å²) in [5.41, 5.74) is -0.0175. The highest BCUT2D eigenvalue weighted by molar-refractivity contribution is 6.30. The summed E-state index contributed by atoms with van der Waals surface area (Å²) >= 11 is 5.94. The Bertz CT molecular complexity index is 980. The zero-order chi connectivity index (χ0) is 29.2. The minimum Gasteiger partial charge on any atom is -0.466 e. The maximum atomic E-state index is 13.7. The van der Waals surface area contributed by atoms with Crippen LogP contribution in [0.1, 0.15) is 77.8 Å². The van der Waals surface area contributed by atoms with Crippen molar-refractivity contribution >= 4 is 35.3 Å². The van der Waals surface area contributed by atoms with E-state index < -0.39 is 41.5 Å². The minimum atomic E-state index is -0.960. The molecule has 11 heteroatoms. The number of benzene rings is 1. The Labute approximate surface area is 235 Å². The topological polar surface area (TPSA) is 145 Å². The summed E-state index contributed by atoms with van der Waals surface area (Å²) in [7, 11) is 0. The van der Waals surface area contributed by atoms with Gasteiger partial charge in [-0.25, -0.2) is 0 Å². The third-order valence-corrected chi connectivity index (χ3v) is 6.90. The molecule has 218 valence electrons. The Kier molecular flexibility index (Phi) is 12.7. The maximum Gasteiger partial charge on any atom is 0.305 e. The number of halogens is 1. The van der Waals surface area contributed by atoms with E-state index in [0.29, 0.717) is 42.9 Å². The van der Waals surface area contributed by atoms with Gasteiger partial charge in [0.25, 0.3) is 0 Å². The molecule has 3 amide bonds. The Balaban J connectivity index is 2.03. The summed E-state index contributed by atoms with van der Waals surface area (Å²) in [4.78, 5) is 52.4. The number of likely N-dealkylation sites (tertiary alicyclic amines) is 1. The van der Waals surface area contributed by atoms with Gasteiger partial charge in [-0.3, -0.25) is 19.2 Å². The number of β-amino-alcohol motifs (C(OH)–C–C–N with tert-alkyl or cyclic N) is 1. The Morgan fingerprint density at radius 3 is 2.31 bits per heavy atom. The van der Waals surface area contributed by atoms with Crippen molar-refractivity contribution < 1.29 is 34.1 Å². The number of hydrogen-bond acceptors (Lipinski definition) is 7. The Morgan fingerprint density at radius 2 is 1.72 bits per heavy atom. The molecule has 1 fully saturated rings. The maximum absolute atomic E-state index is 13.7. The summed E-state index contributed by atoms with van der Waals surface area (Å²) in [5.74, 6) is -1.52. The van der Waals surface area contributed by atoms with Crippen LogP contribution in [-0.2, 0) is 23.9 Å². The fourth-order valence-corrected chi connectivity index (χ4v) is 4.64. The van der Waals surface area contributed by atoms with Crippen LogP contribution in [0.25, 0.3) is 0 Å². The van der Waals surface area contributed by atoms with Crippen LogP contribution in [0.4, 0.5) is 0 Å². The first-order chi connectivity index (χ1) is 18.4. The van der Waals surface area contributed by atoms with Gasteiger partial charge >= 0.3 is 5.97 Å². The molecule has 1 aliphatic rings. The average molecular weight is 568 g/mol. The molecule has 1 heterocycles. The molecular formula is C28H42ClN3O7. The number of nitrogens with one attached hydrogen (secondary N) is 2. The average Bonchev–Trinajstić information content (AvgIpc) is 3.27. The van der Waals surface area contributed by atoms with E-state index in [9.17, 15) is 29.4 Å². The Morgan fingerprint density at radius 1 is 1.08 bits per heavy atom. The fraction of sp³-hybridized carbons (Fsp3) is 0.643. The zero-order valence-corrected chi connectivity index (χ0v) is 24.0. The lowest BCUT2D eigenvalue weighted by Crippen LogP contribution is -2.58. The van der Waals surface area contributed by atoms with Gasteiger partial charge in [0.2, 0.25) is 17.7 Å². The number of hydrogen-bond donors (Lipinski definition) is 4. The second kappa shape index (κ2) is 15.2. The number of unbranched alkanes of at least 4 members (excludes halogenated alkanes) is 2. The summed E-state index contributed by atoms with van der Waals surface area (Å²) in [6.07, 6.45) is 1.46. The van der Waals surface area contributed by atoms with Crippen molar-refractivity contribution in [3.8, 4) is 0 Å². The number of nitrogens with zero attached hydrogens (tertiary/aromatic N) is 1. The van der Waals surface area contributed by atoms with E-state index in [-0.39, 0.29) is 37.9 Å². The van der Waals surface area contributed by atoms with Gasteiger partial charge in [0, 0.05) is 30.8 Å². The molecule has 0 radical (unpaired) electrons. The monoisotopic (exact) mass is 567 g/mol. The number of carbonyl (C=O) groups excluding carboxylic acids is 4. The molecule has 0 aromatic heterocycles. The van der Waals surface area contributed by atoms with Crippen molar-refractivity contribution in [3.63, 3.8) is 0 Å². The quantitative estimate of drug-likeness (QED) is 0.212. The number of ether oxygens (including phenoxy) is 1. The molecular weight excluding hydrogens is 526 g/mol. The molecule has 0 spiro atoms. The molecule has 4 atom stereocenters. The second-order valence-electron chi connectivity index (χ2n) is 10.9. The van der Waals surface area contributed by atoms with E-state index in [2.05, 4.69) is 10.6 Å². The molecule has 4 N–H and O–H groups in total. The predicted molar refractivity (Wildman–Crippen MR) is 147 cm³/mol. The SMILES string of the molecule is CCOC(=O)CCCCCC(=O)N[C@H](C(=O)N1C[C@H](O)C[C@H]1C(=O)N[C@@H](CO)c1ccc(Cl)cc1)C(C)(C)C. The molecule has 10 nitrogen and oxygen atoms in total. The standard InChI is InChI=1S/C28H42ClN3O7/c1-5-39-24(36)10-8-6-7-9-23(35)31-25(28(2,3)4)27(38)32-16-20(34)15-22(32)26(37)30-21(17-33)18-11-13-19(29)14-12-18/h11-14,20-22,25,33-34H,5-10,15-17H2,1-4H3,(H,30,37)(H,31,35)/t20-,21+,22+,25-/m1/s1. The van der Waals surface area contributed by atoms with Gasteiger partial charge in [-0.05, 0) is 42.9 Å². The number of amides is 3. The zero-order valence-electron chi connectivity index (χ0n) is 23.2. The third kappa shape index (κ3) is 10.1. The molecule has 1 aliphatic heterocycles. The van der Waals surface area contributed by atoms with E-state index in [1.165, 1.54) is 4.90 Å². The van der Waals surface area contributed by atoms with Crippen molar-refractivity contribution in [1.82, 2.24) is 15.5 Å². The smallest absolute Gasteiger partial charge is 0.305 e. The molecule has 1 aromatic carbocycles. The second-order valence-corrected chi connectivity index (χ2v) is 11.4. The molecule has 39 heavy (non-hydrogen) atoms. The van der Waals surface area contributed by atoms with Crippen molar-refractivity contribution in [1.29, 1.82) is 0 Å². The summed E-state index contributed by atoms with van der Waals surface area (Å²) < 4.78 is 4.90. The highest BCUT2D eigenvalue weighted by atomic mass is 35.5. The van der Waals surface area contributed by atoms with E-state index in [1.54, 1.807) is 31.2 Å². The first-order valence-electron chi connectivity index (χ1n) is 13.5. The first-order valence-corrected chi connectivity index (χ1v) is 13.8. The minimum absolute atomic E-state index is 0.0433. The highest BCUT2D eigenvalue weighted by Gasteiger charge is 2.44. The molecule has 1 saturated heterocycles. The summed E-state index contributed by atoms with van der Waals surface area (Å²) in [6, 6.07) is 4.09. The van der Waals surface area contributed by atoms with Gasteiger partial charge in [-0.2, -0.15) is 0 Å². The summed E-state index contributed by atoms with van der Waals surface area (Å²) in [5, 5.41) is 26.3. The lowest BCUT2D eigenvalue weighted by Gasteiger charge is -2.35. The lowest BCUT2D eigenvalue weighted by molar-refractivity contribution is -0.144. The molecule has 2 rings (SSSR count). The van der Waals surface area contributed by atoms with Crippen LogP contribution in [0.3, 0.4) is 0 Å². The number of aliphatic hydroxyl groups is 2. The molecule has 1 aromatic rings. The van der Waals surface area contributed by atoms with Crippen LogP contribution in [0.15, 0.2) is 24.3 Å². The Hall–Kier alpha value is -2.69. The fourth-order valence-electron chi connectivity index (χ4n) is 4.52. The van der Waals surface area contributed by atoms with Crippen molar-refractivity contribution in [3.05, 3.63) is 34.9 Å². The van der Waals surface area contributed by atoms with E-state index in [1.807, 2.05) is 20.8 Å². The van der Waals surface area contributed by atoms with E-state index >= 15 is 0 Å². The van der Waals surface area contributed by atoms with E-state index in [4.69, 9.17) is 16.3 Å². The van der Waals surface area contributed by atoms with Crippen LogP contribution in [-0.4, -0.2) is 76.7 Å². The predicted octanol–water partition coefficient (Wildman–Crippen LogP) is 2.50. The van der Waals surface area contributed by atoms with Crippen LogP contribution >= 0.6 is 11.6 Å². The molecule has 0 saturated carbocycles. The third-order valence-electron chi connectivity index (χ3n) is 6.64. The number of esters is 1. The van der Waals surface area contributed by atoms with Crippen LogP contribution in [0.2, 0.25) is 5.02 Å². The van der Waals surface area contributed by atoms with Crippen LogP contribution in [0.5, 0.6) is 0 Å². The van der Waals surface area contributed by atoms with Gasteiger partial charge in [0.15, 0.2) is 0 Å². The largest absolute Gasteiger partial charge is 0.466 e. The molecule has 0 bridgehead atoms. The number of carbonyl (C=O) groups is 4. The van der Waals surface area contributed by atoms with Gasteiger partial charge in [-0.1, -0.05) is 50.9 Å². The number of rotatable bonds is 13.